The Morgan fingerprint density at radius 2 is 1.86 bits per heavy atom. The maximum absolute atomic E-state index is 11.8. The lowest BCUT2D eigenvalue weighted by molar-refractivity contribution is -0.116. The molecule has 0 fully saturated rings. The summed E-state index contributed by atoms with van der Waals surface area (Å²) in [5, 5.41) is 3.85. The number of amides is 1. The molecule has 0 aromatic heterocycles. The molecule has 0 aliphatic carbocycles. The van der Waals surface area contributed by atoms with E-state index in [1.807, 2.05) is 24.3 Å². The summed E-state index contributed by atoms with van der Waals surface area (Å²) >= 11 is 15.2. The van der Waals surface area contributed by atoms with Crippen LogP contribution in [0, 0.1) is 0 Å². The van der Waals surface area contributed by atoms with E-state index in [1.54, 1.807) is 18.2 Å². The number of anilines is 1. The van der Waals surface area contributed by atoms with E-state index in [0.29, 0.717) is 35.2 Å². The molecule has 3 nitrogen and oxygen atoms in total. The Kier molecular flexibility index (Phi) is 6.55. The van der Waals surface area contributed by atoms with Crippen LogP contribution in [0.3, 0.4) is 0 Å². The van der Waals surface area contributed by atoms with Crippen LogP contribution >= 0.6 is 39.1 Å². The second-order valence-corrected chi connectivity index (χ2v) is 6.34. The molecule has 1 amide bonds. The Hall–Kier alpha value is -1.23. The van der Waals surface area contributed by atoms with Gasteiger partial charge < -0.3 is 10.1 Å². The number of hydrogen-bond donors (Lipinski definition) is 1. The summed E-state index contributed by atoms with van der Waals surface area (Å²) in [6, 6.07) is 12.5. The monoisotopic (exact) mass is 401 g/mol. The first kappa shape index (κ1) is 17.1. The summed E-state index contributed by atoms with van der Waals surface area (Å²) in [6.45, 7) is 0.412. The average Bonchev–Trinajstić information content (AvgIpc) is 2.48. The van der Waals surface area contributed by atoms with E-state index in [0.717, 1.165) is 10.2 Å². The first-order valence-corrected chi connectivity index (χ1v) is 8.23. The zero-order chi connectivity index (χ0) is 15.9. The maximum atomic E-state index is 11.8. The number of carbonyl (C=O) groups excluding carboxylic acids is 1. The molecule has 0 saturated carbocycles. The quantitative estimate of drug-likeness (QED) is 0.643. The third-order valence-corrected chi connectivity index (χ3v) is 3.89. The van der Waals surface area contributed by atoms with Crippen molar-refractivity contribution in [3.05, 3.63) is 57.0 Å². The summed E-state index contributed by atoms with van der Waals surface area (Å²) in [4.78, 5) is 11.8. The molecule has 0 aliphatic heterocycles. The molecule has 6 heteroatoms. The second kappa shape index (κ2) is 8.42. The highest BCUT2D eigenvalue weighted by molar-refractivity contribution is 9.10. The highest BCUT2D eigenvalue weighted by Gasteiger charge is 2.05. The van der Waals surface area contributed by atoms with Crippen LogP contribution in [0.4, 0.5) is 5.69 Å². The minimum absolute atomic E-state index is 0.0480. The molecule has 22 heavy (non-hydrogen) atoms. The fourth-order valence-electron chi connectivity index (χ4n) is 1.76. The molecule has 0 unspecified atom stereocenters. The lowest BCUT2D eigenvalue weighted by atomic mass is 10.2. The largest absolute Gasteiger partial charge is 0.492 e. The van der Waals surface area contributed by atoms with Gasteiger partial charge in [-0.2, -0.15) is 0 Å². The van der Waals surface area contributed by atoms with Gasteiger partial charge in [-0.3, -0.25) is 4.79 Å². The number of ether oxygens (including phenoxy) is 1. The van der Waals surface area contributed by atoms with Crippen molar-refractivity contribution in [1.82, 2.24) is 0 Å². The van der Waals surface area contributed by atoms with Crippen LogP contribution in [-0.2, 0) is 4.79 Å². The zero-order valence-corrected chi connectivity index (χ0v) is 14.7. The van der Waals surface area contributed by atoms with Gasteiger partial charge in [0.05, 0.1) is 11.6 Å². The molecular formula is C16H14BrCl2NO2. The average molecular weight is 403 g/mol. The van der Waals surface area contributed by atoms with Gasteiger partial charge in [0.2, 0.25) is 5.91 Å². The summed E-state index contributed by atoms with van der Waals surface area (Å²) in [7, 11) is 0. The van der Waals surface area contributed by atoms with E-state index in [4.69, 9.17) is 27.9 Å². The van der Waals surface area contributed by atoms with Crippen LogP contribution in [0.2, 0.25) is 10.0 Å². The van der Waals surface area contributed by atoms with Gasteiger partial charge in [-0.1, -0.05) is 39.1 Å². The van der Waals surface area contributed by atoms with E-state index in [1.165, 1.54) is 0 Å². The molecule has 0 bridgehead atoms. The third kappa shape index (κ3) is 5.52. The summed E-state index contributed by atoms with van der Waals surface area (Å²) in [6.07, 6.45) is 0.975. The highest BCUT2D eigenvalue weighted by atomic mass is 79.9. The normalized spacial score (nSPS) is 10.3. The SMILES string of the molecule is O=C(CCCOc1ccc(Cl)cc1Cl)Nc1ccc(Br)cc1. The van der Waals surface area contributed by atoms with Gasteiger partial charge in [0.25, 0.3) is 0 Å². The number of carbonyl (C=O) groups is 1. The standard InChI is InChI=1S/C16H14BrCl2NO2/c17-11-3-6-13(7-4-11)20-16(21)2-1-9-22-15-8-5-12(18)10-14(15)19/h3-8,10H,1-2,9H2,(H,20,21). The molecular weight excluding hydrogens is 389 g/mol. The summed E-state index contributed by atoms with van der Waals surface area (Å²) in [5.41, 5.74) is 0.773. The highest BCUT2D eigenvalue weighted by Crippen LogP contribution is 2.27. The Balaban J connectivity index is 1.72. The number of benzene rings is 2. The lowest BCUT2D eigenvalue weighted by Crippen LogP contribution is -2.12. The van der Waals surface area contributed by atoms with Crippen LogP contribution in [0.25, 0.3) is 0 Å². The van der Waals surface area contributed by atoms with Gasteiger partial charge in [-0.15, -0.1) is 0 Å². The van der Waals surface area contributed by atoms with Crippen molar-refractivity contribution in [3.63, 3.8) is 0 Å². The van der Waals surface area contributed by atoms with Gasteiger partial charge in [0.1, 0.15) is 5.75 Å². The Morgan fingerprint density at radius 3 is 2.55 bits per heavy atom. The van der Waals surface area contributed by atoms with Crippen molar-refractivity contribution in [2.75, 3.05) is 11.9 Å². The summed E-state index contributed by atoms with van der Waals surface area (Å²) < 4.78 is 6.50. The first-order valence-electron chi connectivity index (χ1n) is 6.68. The van der Waals surface area contributed by atoms with Gasteiger partial charge in [0, 0.05) is 21.6 Å². The van der Waals surface area contributed by atoms with Crippen molar-refractivity contribution < 1.29 is 9.53 Å². The van der Waals surface area contributed by atoms with Crippen LogP contribution in [-0.4, -0.2) is 12.5 Å². The van der Waals surface area contributed by atoms with Crippen LogP contribution in [0.1, 0.15) is 12.8 Å². The van der Waals surface area contributed by atoms with Crippen LogP contribution in [0.5, 0.6) is 5.75 Å². The van der Waals surface area contributed by atoms with Gasteiger partial charge in [-0.25, -0.2) is 0 Å². The van der Waals surface area contributed by atoms with E-state index in [-0.39, 0.29) is 5.91 Å². The minimum Gasteiger partial charge on any atom is -0.492 e. The van der Waals surface area contributed by atoms with E-state index >= 15 is 0 Å². The number of rotatable bonds is 6. The Bertz CT molecular complexity index is 647. The first-order chi connectivity index (χ1) is 10.5. The van der Waals surface area contributed by atoms with Crippen LogP contribution < -0.4 is 10.1 Å². The number of hydrogen-bond acceptors (Lipinski definition) is 2. The molecule has 0 atom stereocenters. The van der Waals surface area contributed by atoms with Crippen molar-refractivity contribution in [2.24, 2.45) is 0 Å². The van der Waals surface area contributed by atoms with Gasteiger partial charge in [-0.05, 0) is 48.9 Å². The topological polar surface area (TPSA) is 38.3 Å². The Morgan fingerprint density at radius 1 is 1.14 bits per heavy atom. The molecule has 0 radical (unpaired) electrons. The second-order valence-electron chi connectivity index (χ2n) is 4.58. The van der Waals surface area contributed by atoms with Crippen molar-refractivity contribution in [2.45, 2.75) is 12.8 Å². The molecule has 116 valence electrons. The molecule has 2 aromatic carbocycles. The molecule has 2 aromatic rings. The fourth-order valence-corrected chi connectivity index (χ4v) is 2.49. The van der Waals surface area contributed by atoms with E-state index in [2.05, 4.69) is 21.2 Å². The van der Waals surface area contributed by atoms with Crippen molar-refractivity contribution in [1.29, 1.82) is 0 Å². The summed E-state index contributed by atoms with van der Waals surface area (Å²) in [5.74, 6) is 0.521. The smallest absolute Gasteiger partial charge is 0.224 e. The van der Waals surface area contributed by atoms with Crippen LogP contribution in [0.15, 0.2) is 46.9 Å². The molecule has 0 heterocycles. The predicted molar refractivity (Wildman–Crippen MR) is 94.0 cm³/mol. The fraction of sp³-hybridized carbons (Fsp3) is 0.188. The van der Waals surface area contributed by atoms with E-state index in [9.17, 15) is 4.79 Å². The zero-order valence-electron chi connectivity index (χ0n) is 11.6. The van der Waals surface area contributed by atoms with Crippen molar-refractivity contribution >= 4 is 50.7 Å². The number of halogens is 3. The Labute approximate surface area is 147 Å². The maximum Gasteiger partial charge on any atom is 0.224 e. The third-order valence-electron chi connectivity index (χ3n) is 2.83. The van der Waals surface area contributed by atoms with Gasteiger partial charge >= 0.3 is 0 Å². The molecule has 0 spiro atoms. The molecule has 1 N–H and O–H groups in total. The lowest BCUT2D eigenvalue weighted by Gasteiger charge is -2.08. The predicted octanol–water partition coefficient (Wildman–Crippen LogP) is 5.55. The molecule has 0 aliphatic rings. The molecule has 0 saturated heterocycles. The van der Waals surface area contributed by atoms with E-state index < -0.39 is 0 Å². The van der Waals surface area contributed by atoms with Crippen molar-refractivity contribution in [3.8, 4) is 5.75 Å². The molecule has 2 rings (SSSR count). The minimum atomic E-state index is -0.0480. The van der Waals surface area contributed by atoms with Gasteiger partial charge in [0.15, 0.2) is 0 Å². The number of nitrogens with one attached hydrogen (secondary N) is 1.